The topological polar surface area (TPSA) is 76.4 Å². The summed E-state index contributed by atoms with van der Waals surface area (Å²) in [6.07, 6.45) is -9.40. The molecular formula is C26H26F6N4O2. The van der Waals surface area contributed by atoms with Crippen LogP contribution in [0.3, 0.4) is 0 Å². The first-order valence-electron chi connectivity index (χ1n) is 11.6. The van der Waals surface area contributed by atoms with Gasteiger partial charge < -0.3 is 10.2 Å². The van der Waals surface area contributed by atoms with Gasteiger partial charge in [-0.2, -0.15) is 31.6 Å². The van der Waals surface area contributed by atoms with Gasteiger partial charge in [-0.25, -0.2) is 0 Å². The van der Waals surface area contributed by atoms with Crippen molar-refractivity contribution in [1.82, 2.24) is 4.90 Å². The number of carbonyl (C=O) groups excluding carboxylic acids is 2. The molecule has 1 heterocycles. The summed E-state index contributed by atoms with van der Waals surface area (Å²) in [6, 6.07) is 9.16. The molecule has 204 valence electrons. The van der Waals surface area contributed by atoms with Gasteiger partial charge in [0.15, 0.2) is 0 Å². The Morgan fingerprint density at radius 3 is 2.29 bits per heavy atom. The smallest absolute Gasteiger partial charge is 0.325 e. The number of aryl methyl sites for hydroxylation is 2. The zero-order valence-corrected chi connectivity index (χ0v) is 21.1. The van der Waals surface area contributed by atoms with Crippen LogP contribution in [-0.4, -0.2) is 49.6 Å². The Hall–Kier alpha value is -3.59. The average molecular weight is 541 g/mol. The SMILES string of the molecule is Cc1cccc(C)c1N1C[C@@](CN(C)CC(F)(F)F)(C(=O)Nc2cc(C#N)cc(C(F)(F)F)c2)C(C)C1=O. The summed E-state index contributed by atoms with van der Waals surface area (Å²) in [5.74, 6) is -2.54. The summed E-state index contributed by atoms with van der Waals surface area (Å²) in [5.41, 5.74) is -1.72. The number of benzene rings is 2. The second-order valence-corrected chi connectivity index (χ2v) is 9.69. The lowest BCUT2D eigenvalue weighted by atomic mass is 9.77. The number of para-hydroxylation sites is 1. The Labute approximate surface area is 215 Å². The summed E-state index contributed by atoms with van der Waals surface area (Å²) in [4.78, 5) is 29.4. The molecule has 0 radical (unpaired) electrons. The number of nitrogens with one attached hydrogen (secondary N) is 1. The lowest BCUT2D eigenvalue weighted by molar-refractivity contribution is -0.150. The van der Waals surface area contributed by atoms with E-state index in [2.05, 4.69) is 5.32 Å². The van der Waals surface area contributed by atoms with Crippen LogP contribution in [0.5, 0.6) is 0 Å². The van der Waals surface area contributed by atoms with E-state index in [-0.39, 0.29) is 17.8 Å². The van der Waals surface area contributed by atoms with Crippen LogP contribution in [0, 0.1) is 36.5 Å². The van der Waals surface area contributed by atoms with E-state index in [1.807, 2.05) is 0 Å². The molecule has 1 fully saturated rings. The van der Waals surface area contributed by atoms with Crippen LogP contribution in [0.4, 0.5) is 37.7 Å². The summed E-state index contributed by atoms with van der Waals surface area (Å²) >= 11 is 0. The summed E-state index contributed by atoms with van der Waals surface area (Å²) in [6.45, 7) is 2.76. The van der Waals surface area contributed by atoms with Gasteiger partial charge in [0.2, 0.25) is 11.8 Å². The third-order valence-corrected chi connectivity index (χ3v) is 6.72. The predicted molar refractivity (Wildman–Crippen MR) is 128 cm³/mol. The fraction of sp³-hybridized carbons (Fsp3) is 0.423. The monoisotopic (exact) mass is 540 g/mol. The molecule has 1 N–H and O–H groups in total. The van der Waals surface area contributed by atoms with Gasteiger partial charge in [-0.15, -0.1) is 0 Å². The number of nitrogens with zero attached hydrogens (tertiary/aromatic N) is 3. The zero-order valence-electron chi connectivity index (χ0n) is 21.1. The minimum atomic E-state index is -4.81. The zero-order chi connectivity index (χ0) is 28.6. The molecule has 1 unspecified atom stereocenters. The van der Waals surface area contributed by atoms with Crippen LogP contribution in [-0.2, 0) is 15.8 Å². The van der Waals surface area contributed by atoms with Crippen LogP contribution in [0.1, 0.15) is 29.2 Å². The van der Waals surface area contributed by atoms with Crippen molar-refractivity contribution in [3.05, 3.63) is 58.7 Å². The van der Waals surface area contributed by atoms with Gasteiger partial charge in [0, 0.05) is 24.5 Å². The van der Waals surface area contributed by atoms with Gasteiger partial charge in [-0.1, -0.05) is 25.1 Å². The largest absolute Gasteiger partial charge is 0.416 e. The van der Waals surface area contributed by atoms with Crippen molar-refractivity contribution >= 4 is 23.2 Å². The number of halogens is 6. The molecule has 0 aromatic heterocycles. The summed E-state index contributed by atoms with van der Waals surface area (Å²) in [5, 5.41) is 11.5. The van der Waals surface area contributed by atoms with Crippen LogP contribution >= 0.6 is 0 Å². The second-order valence-electron chi connectivity index (χ2n) is 9.69. The standard InChI is InChI=1S/C26H26F6N4O2/c1-15-6-5-7-16(2)21(15)36-13-24(17(3)22(36)37,12-35(4)14-25(27,28)29)23(38)34-20-9-18(11-33)8-19(10-20)26(30,31)32/h5-10,17H,12-14H2,1-4H3,(H,34,38)/t17?,24-/m1/s1. The minimum absolute atomic E-state index is 0.295. The molecule has 0 aliphatic carbocycles. The first kappa shape index (κ1) is 29.0. The van der Waals surface area contributed by atoms with Crippen molar-refractivity contribution in [2.24, 2.45) is 11.3 Å². The van der Waals surface area contributed by atoms with Gasteiger partial charge in [0.1, 0.15) is 0 Å². The number of rotatable bonds is 6. The van der Waals surface area contributed by atoms with E-state index in [1.54, 1.807) is 38.1 Å². The molecule has 0 saturated carbocycles. The highest BCUT2D eigenvalue weighted by atomic mass is 19.4. The van der Waals surface area contributed by atoms with Gasteiger partial charge in [-0.05, 0) is 50.2 Å². The molecule has 0 bridgehead atoms. The number of carbonyl (C=O) groups is 2. The molecule has 1 saturated heterocycles. The fourth-order valence-electron chi connectivity index (χ4n) is 4.94. The number of hydrogen-bond acceptors (Lipinski definition) is 4. The number of amides is 2. The van der Waals surface area contributed by atoms with E-state index >= 15 is 0 Å². The third kappa shape index (κ3) is 5.93. The van der Waals surface area contributed by atoms with Crippen molar-refractivity contribution < 1.29 is 35.9 Å². The maximum atomic E-state index is 13.7. The van der Waals surface area contributed by atoms with Crippen molar-refractivity contribution in [1.29, 1.82) is 5.26 Å². The first-order chi connectivity index (χ1) is 17.5. The Kier molecular flexibility index (Phi) is 7.84. The summed E-state index contributed by atoms with van der Waals surface area (Å²) in [7, 11) is 1.15. The Bertz CT molecular complexity index is 1260. The molecular weight excluding hydrogens is 514 g/mol. The first-order valence-corrected chi connectivity index (χ1v) is 11.6. The van der Waals surface area contributed by atoms with E-state index in [0.717, 1.165) is 18.0 Å². The normalized spacial score (nSPS) is 20.1. The molecule has 1 aliphatic heterocycles. The molecule has 2 atom stereocenters. The molecule has 3 rings (SSSR count). The third-order valence-electron chi connectivity index (χ3n) is 6.72. The number of nitriles is 1. The van der Waals surface area contributed by atoms with Crippen LogP contribution in [0.25, 0.3) is 0 Å². The molecule has 0 spiro atoms. The minimum Gasteiger partial charge on any atom is -0.325 e. The maximum absolute atomic E-state index is 13.7. The van der Waals surface area contributed by atoms with Crippen LogP contribution in [0.2, 0.25) is 0 Å². The van der Waals surface area contributed by atoms with Gasteiger partial charge in [-0.3, -0.25) is 14.5 Å². The highest BCUT2D eigenvalue weighted by molar-refractivity contribution is 6.08. The average Bonchev–Trinajstić information content (AvgIpc) is 3.02. The van der Waals surface area contributed by atoms with Crippen LogP contribution < -0.4 is 10.2 Å². The number of alkyl halides is 6. The van der Waals surface area contributed by atoms with E-state index < -0.39 is 54.2 Å². The molecule has 38 heavy (non-hydrogen) atoms. The molecule has 2 aromatic carbocycles. The van der Waals surface area contributed by atoms with E-state index in [0.29, 0.717) is 28.9 Å². The Morgan fingerprint density at radius 2 is 1.76 bits per heavy atom. The van der Waals surface area contributed by atoms with E-state index in [1.165, 1.54) is 11.8 Å². The lowest BCUT2D eigenvalue weighted by Gasteiger charge is -2.35. The molecule has 2 aromatic rings. The van der Waals surface area contributed by atoms with Gasteiger partial charge in [0.05, 0.1) is 35.1 Å². The van der Waals surface area contributed by atoms with Gasteiger partial charge >= 0.3 is 12.4 Å². The quantitative estimate of drug-likeness (QED) is 0.505. The van der Waals surface area contributed by atoms with Crippen molar-refractivity contribution in [2.45, 2.75) is 33.1 Å². The maximum Gasteiger partial charge on any atom is 0.416 e. The molecule has 1 aliphatic rings. The van der Waals surface area contributed by atoms with Gasteiger partial charge in [0.25, 0.3) is 0 Å². The van der Waals surface area contributed by atoms with Crippen molar-refractivity contribution in [3.8, 4) is 6.07 Å². The Balaban J connectivity index is 2.08. The number of anilines is 2. The Morgan fingerprint density at radius 1 is 1.16 bits per heavy atom. The molecule has 2 amide bonds. The highest BCUT2D eigenvalue weighted by Crippen LogP contribution is 2.43. The van der Waals surface area contributed by atoms with Crippen LogP contribution in [0.15, 0.2) is 36.4 Å². The van der Waals surface area contributed by atoms with Crippen molar-refractivity contribution in [2.75, 3.05) is 36.9 Å². The lowest BCUT2D eigenvalue weighted by Crippen LogP contribution is -2.51. The summed E-state index contributed by atoms with van der Waals surface area (Å²) < 4.78 is 79.6. The number of hydrogen-bond donors (Lipinski definition) is 1. The second kappa shape index (κ2) is 10.3. The fourth-order valence-corrected chi connectivity index (χ4v) is 4.94. The van der Waals surface area contributed by atoms with Crippen molar-refractivity contribution in [3.63, 3.8) is 0 Å². The van der Waals surface area contributed by atoms with E-state index in [9.17, 15) is 41.2 Å². The highest BCUT2D eigenvalue weighted by Gasteiger charge is 2.56. The predicted octanol–water partition coefficient (Wildman–Crippen LogP) is 5.30. The van der Waals surface area contributed by atoms with E-state index in [4.69, 9.17) is 0 Å². The molecule has 6 nitrogen and oxygen atoms in total. The molecule has 12 heteroatoms.